The average Bonchev–Trinajstić information content (AvgIpc) is 3.31. The molecule has 2 aromatic carbocycles. The monoisotopic (exact) mass is 409 g/mol. The van der Waals surface area contributed by atoms with Crippen LogP contribution >= 0.6 is 11.6 Å². The first-order chi connectivity index (χ1) is 14.0. The Bertz CT molecular complexity index is 959. The highest BCUT2D eigenvalue weighted by Gasteiger charge is 2.40. The predicted molar refractivity (Wildman–Crippen MR) is 117 cm³/mol. The van der Waals surface area contributed by atoms with Gasteiger partial charge < -0.3 is 10.2 Å². The van der Waals surface area contributed by atoms with Crippen LogP contribution in [0.2, 0.25) is 5.02 Å². The number of rotatable bonds is 5. The molecule has 0 unspecified atom stereocenters. The van der Waals surface area contributed by atoms with Gasteiger partial charge in [-0.05, 0) is 68.7 Å². The SMILES string of the molecule is CC(C)N1C(=O)C(Nc2ccc(N3CCCC3)cc2)=C(c2ccc(Cl)cc2)C1=O. The van der Waals surface area contributed by atoms with Crippen molar-refractivity contribution in [3.63, 3.8) is 0 Å². The topological polar surface area (TPSA) is 52.7 Å². The van der Waals surface area contributed by atoms with Crippen LogP contribution in [-0.2, 0) is 9.59 Å². The van der Waals surface area contributed by atoms with Crippen molar-refractivity contribution >= 4 is 40.4 Å². The van der Waals surface area contributed by atoms with E-state index in [-0.39, 0.29) is 17.9 Å². The molecule has 5 nitrogen and oxygen atoms in total. The number of amides is 2. The van der Waals surface area contributed by atoms with E-state index in [1.807, 2.05) is 26.0 Å². The Balaban J connectivity index is 1.68. The number of carbonyl (C=O) groups excluding carboxylic acids is 2. The highest BCUT2D eigenvalue weighted by molar-refractivity contribution is 6.37. The Hall–Kier alpha value is -2.79. The lowest BCUT2D eigenvalue weighted by molar-refractivity contribution is -0.138. The minimum Gasteiger partial charge on any atom is -0.372 e. The Morgan fingerprint density at radius 2 is 1.52 bits per heavy atom. The summed E-state index contributed by atoms with van der Waals surface area (Å²) in [5.74, 6) is -0.595. The summed E-state index contributed by atoms with van der Waals surface area (Å²) in [4.78, 5) is 29.7. The Labute approximate surface area is 175 Å². The molecule has 2 aliphatic rings. The zero-order valence-corrected chi connectivity index (χ0v) is 17.4. The van der Waals surface area contributed by atoms with Crippen molar-refractivity contribution in [1.82, 2.24) is 4.90 Å². The van der Waals surface area contributed by atoms with Crippen LogP contribution < -0.4 is 10.2 Å². The van der Waals surface area contributed by atoms with Crippen molar-refractivity contribution in [1.29, 1.82) is 0 Å². The molecular weight excluding hydrogens is 386 g/mol. The first-order valence-corrected chi connectivity index (χ1v) is 10.3. The van der Waals surface area contributed by atoms with Gasteiger partial charge in [-0.15, -0.1) is 0 Å². The second-order valence-electron chi connectivity index (χ2n) is 7.70. The fraction of sp³-hybridized carbons (Fsp3) is 0.304. The molecule has 0 saturated carbocycles. The number of hydrogen-bond donors (Lipinski definition) is 1. The molecule has 2 heterocycles. The van der Waals surface area contributed by atoms with Crippen molar-refractivity contribution < 1.29 is 9.59 Å². The van der Waals surface area contributed by atoms with Gasteiger partial charge >= 0.3 is 0 Å². The molecule has 0 radical (unpaired) electrons. The molecule has 29 heavy (non-hydrogen) atoms. The van der Waals surface area contributed by atoms with E-state index in [0.29, 0.717) is 21.9 Å². The third-order valence-electron chi connectivity index (χ3n) is 5.37. The predicted octanol–water partition coefficient (Wildman–Crippen LogP) is 4.54. The first-order valence-electron chi connectivity index (χ1n) is 9.96. The molecule has 4 rings (SSSR count). The second kappa shape index (κ2) is 7.91. The maximum Gasteiger partial charge on any atom is 0.278 e. The number of carbonyl (C=O) groups is 2. The summed E-state index contributed by atoms with van der Waals surface area (Å²) in [6.07, 6.45) is 2.44. The number of halogens is 1. The van der Waals surface area contributed by atoms with Crippen LogP contribution in [0.15, 0.2) is 54.2 Å². The van der Waals surface area contributed by atoms with E-state index in [1.54, 1.807) is 24.3 Å². The summed E-state index contributed by atoms with van der Waals surface area (Å²) in [5.41, 5.74) is 3.31. The highest BCUT2D eigenvalue weighted by atomic mass is 35.5. The lowest BCUT2D eigenvalue weighted by Gasteiger charge is -2.19. The van der Waals surface area contributed by atoms with Crippen molar-refractivity contribution in [2.24, 2.45) is 0 Å². The van der Waals surface area contributed by atoms with Crippen LogP contribution in [0.1, 0.15) is 32.3 Å². The maximum absolute atomic E-state index is 13.0. The lowest BCUT2D eigenvalue weighted by atomic mass is 10.0. The minimum absolute atomic E-state index is 0.228. The van der Waals surface area contributed by atoms with Gasteiger partial charge in [0.25, 0.3) is 11.8 Å². The molecule has 2 aliphatic heterocycles. The third-order valence-corrected chi connectivity index (χ3v) is 5.62. The van der Waals surface area contributed by atoms with Gasteiger partial charge in [-0.1, -0.05) is 23.7 Å². The molecule has 0 spiro atoms. The fourth-order valence-corrected chi connectivity index (χ4v) is 4.02. The van der Waals surface area contributed by atoms with E-state index in [4.69, 9.17) is 11.6 Å². The second-order valence-corrected chi connectivity index (χ2v) is 8.13. The molecule has 150 valence electrons. The Kier molecular flexibility index (Phi) is 5.33. The van der Waals surface area contributed by atoms with E-state index in [9.17, 15) is 9.59 Å². The molecule has 6 heteroatoms. The largest absolute Gasteiger partial charge is 0.372 e. The van der Waals surface area contributed by atoms with Gasteiger partial charge in [0, 0.05) is 35.5 Å². The van der Waals surface area contributed by atoms with Gasteiger partial charge in [-0.25, -0.2) is 0 Å². The average molecular weight is 410 g/mol. The van der Waals surface area contributed by atoms with Crippen LogP contribution in [-0.4, -0.2) is 35.8 Å². The lowest BCUT2D eigenvalue weighted by Crippen LogP contribution is -2.38. The minimum atomic E-state index is -0.307. The summed E-state index contributed by atoms with van der Waals surface area (Å²) in [5, 5.41) is 3.79. The number of anilines is 2. The molecule has 1 N–H and O–H groups in total. The Morgan fingerprint density at radius 1 is 0.897 bits per heavy atom. The molecule has 0 aromatic heterocycles. The van der Waals surface area contributed by atoms with Gasteiger partial charge in [0.2, 0.25) is 0 Å². The number of imide groups is 1. The van der Waals surface area contributed by atoms with Crippen LogP contribution in [0.4, 0.5) is 11.4 Å². The van der Waals surface area contributed by atoms with Crippen molar-refractivity contribution in [2.75, 3.05) is 23.3 Å². The van der Waals surface area contributed by atoms with Gasteiger partial charge in [-0.2, -0.15) is 0 Å². The highest BCUT2D eigenvalue weighted by Crippen LogP contribution is 2.32. The molecule has 1 saturated heterocycles. The van der Waals surface area contributed by atoms with Crippen LogP contribution in [0.25, 0.3) is 5.57 Å². The zero-order chi connectivity index (χ0) is 20.5. The number of nitrogens with one attached hydrogen (secondary N) is 1. The third kappa shape index (κ3) is 3.75. The van der Waals surface area contributed by atoms with Crippen LogP contribution in [0, 0.1) is 0 Å². The van der Waals surface area contributed by atoms with Crippen LogP contribution in [0.5, 0.6) is 0 Å². The molecule has 2 aromatic rings. The molecule has 0 aliphatic carbocycles. The van der Waals surface area contributed by atoms with Gasteiger partial charge in [0.05, 0.1) is 5.57 Å². The first kappa shape index (κ1) is 19.5. The van der Waals surface area contributed by atoms with Crippen molar-refractivity contribution in [3.05, 3.63) is 64.8 Å². The maximum atomic E-state index is 13.0. The summed E-state index contributed by atoms with van der Waals surface area (Å²) in [6, 6.07) is 14.8. The summed E-state index contributed by atoms with van der Waals surface area (Å²) < 4.78 is 0. The van der Waals surface area contributed by atoms with E-state index in [0.717, 1.165) is 18.8 Å². The zero-order valence-electron chi connectivity index (χ0n) is 16.6. The summed E-state index contributed by atoms with van der Waals surface area (Å²) >= 11 is 6.00. The van der Waals surface area contributed by atoms with Gasteiger partial charge in [-0.3, -0.25) is 14.5 Å². The Morgan fingerprint density at radius 3 is 2.10 bits per heavy atom. The van der Waals surface area contributed by atoms with E-state index >= 15 is 0 Å². The van der Waals surface area contributed by atoms with E-state index in [2.05, 4.69) is 22.3 Å². The molecular formula is C23H24ClN3O2. The van der Waals surface area contributed by atoms with Gasteiger partial charge in [0.15, 0.2) is 0 Å². The van der Waals surface area contributed by atoms with E-state index in [1.165, 1.54) is 23.4 Å². The van der Waals surface area contributed by atoms with Crippen LogP contribution in [0.3, 0.4) is 0 Å². The van der Waals surface area contributed by atoms with Crippen molar-refractivity contribution in [2.45, 2.75) is 32.7 Å². The molecule has 0 bridgehead atoms. The fourth-order valence-electron chi connectivity index (χ4n) is 3.89. The van der Waals surface area contributed by atoms with Crippen molar-refractivity contribution in [3.8, 4) is 0 Å². The molecule has 2 amide bonds. The molecule has 0 atom stereocenters. The number of benzene rings is 2. The standard InChI is InChI=1S/C23H24ClN3O2/c1-15(2)27-22(28)20(16-5-7-17(24)8-6-16)21(23(27)29)25-18-9-11-19(12-10-18)26-13-3-4-14-26/h5-12,15,25H,3-4,13-14H2,1-2H3. The number of nitrogens with zero attached hydrogens (tertiary/aromatic N) is 2. The van der Waals surface area contributed by atoms with Gasteiger partial charge in [0.1, 0.15) is 5.70 Å². The summed E-state index contributed by atoms with van der Waals surface area (Å²) in [7, 11) is 0. The normalized spacial score (nSPS) is 17.1. The molecule has 1 fully saturated rings. The summed E-state index contributed by atoms with van der Waals surface area (Å²) in [6.45, 7) is 5.83. The number of hydrogen-bond acceptors (Lipinski definition) is 4. The van der Waals surface area contributed by atoms with E-state index < -0.39 is 0 Å². The quantitative estimate of drug-likeness (QED) is 0.736. The smallest absolute Gasteiger partial charge is 0.278 e.